The number of benzene rings is 1. The summed E-state index contributed by atoms with van der Waals surface area (Å²) in [5.41, 5.74) is 3.94. The molecule has 8 nitrogen and oxygen atoms in total. The van der Waals surface area contributed by atoms with Crippen LogP contribution >= 0.6 is 0 Å². The first kappa shape index (κ1) is 20.3. The summed E-state index contributed by atoms with van der Waals surface area (Å²) in [5, 5.41) is 7.96. The zero-order valence-electron chi connectivity index (χ0n) is 17.6. The van der Waals surface area contributed by atoms with Gasteiger partial charge in [0, 0.05) is 74.4 Å². The molecule has 0 radical (unpaired) electrons. The van der Waals surface area contributed by atoms with Gasteiger partial charge in [0.05, 0.1) is 17.8 Å². The lowest BCUT2D eigenvalue weighted by atomic mass is 10.1. The number of aldehydes is 1. The van der Waals surface area contributed by atoms with E-state index in [4.69, 9.17) is 4.74 Å². The van der Waals surface area contributed by atoms with Gasteiger partial charge in [0.15, 0.2) is 0 Å². The van der Waals surface area contributed by atoms with Crippen molar-refractivity contribution in [1.29, 1.82) is 0 Å². The van der Waals surface area contributed by atoms with Crippen molar-refractivity contribution in [3.8, 4) is 22.9 Å². The fourth-order valence-electron chi connectivity index (χ4n) is 3.93. The maximum Gasteiger partial charge on any atom is 0.219 e. The second-order valence-electron chi connectivity index (χ2n) is 7.90. The Morgan fingerprint density at radius 1 is 0.969 bits per heavy atom. The SMILES string of the molecule is O=CCN1CCN(Cc2cnc3cc(Oc4ccc(-c5ccn[nH]5)cn4)ccc3c2)CC1. The predicted octanol–water partition coefficient (Wildman–Crippen LogP) is 3.13. The predicted molar refractivity (Wildman–Crippen MR) is 121 cm³/mol. The second kappa shape index (κ2) is 9.25. The zero-order valence-corrected chi connectivity index (χ0v) is 17.6. The largest absolute Gasteiger partial charge is 0.439 e. The molecule has 0 aliphatic carbocycles. The van der Waals surface area contributed by atoms with Crippen molar-refractivity contribution >= 4 is 17.2 Å². The minimum atomic E-state index is 0.526. The van der Waals surface area contributed by atoms with Crippen LogP contribution in [0.1, 0.15) is 5.56 Å². The molecule has 0 saturated carbocycles. The van der Waals surface area contributed by atoms with E-state index in [1.165, 1.54) is 5.56 Å². The number of hydrogen-bond acceptors (Lipinski definition) is 7. The lowest BCUT2D eigenvalue weighted by Gasteiger charge is -2.33. The van der Waals surface area contributed by atoms with E-state index in [9.17, 15) is 4.79 Å². The van der Waals surface area contributed by atoms with Crippen molar-refractivity contribution in [2.75, 3.05) is 32.7 Å². The third-order valence-electron chi connectivity index (χ3n) is 5.69. The smallest absolute Gasteiger partial charge is 0.219 e. The molecule has 162 valence electrons. The molecule has 1 fully saturated rings. The Balaban J connectivity index is 1.23. The van der Waals surface area contributed by atoms with Crippen LogP contribution in [-0.4, -0.2) is 69.0 Å². The average Bonchev–Trinajstić information content (AvgIpc) is 3.36. The van der Waals surface area contributed by atoms with Crippen LogP contribution in [0.2, 0.25) is 0 Å². The Kier molecular flexibility index (Phi) is 5.87. The molecule has 1 saturated heterocycles. The molecule has 8 heteroatoms. The summed E-state index contributed by atoms with van der Waals surface area (Å²) in [6.07, 6.45) is 6.38. The van der Waals surface area contributed by atoms with Crippen LogP contribution in [0.25, 0.3) is 22.2 Å². The van der Waals surface area contributed by atoms with Gasteiger partial charge >= 0.3 is 0 Å². The number of aromatic nitrogens is 4. The van der Waals surface area contributed by atoms with Crippen molar-refractivity contribution in [3.05, 3.63) is 66.6 Å². The van der Waals surface area contributed by atoms with Crippen LogP contribution in [0, 0.1) is 0 Å². The van der Waals surface area contributed by atoms with Gasteiger partial charge in [-0.15, -0.1) is 0 Å². The highest BCUT2D eigenvalue weighted by Gasteiger charge is 2.16. The molecule has 0 unspecified atom stereocenters. The van der Waals surface area contributed by atoms with Crippen LogP contribution in [0.3, 0.4) is 0 Å². The summed E-state index contributed by atoms with van der Waals surface area (Å²) >= 11 is 0. The molecule has 1 aliphatic rings. The second-order valence-corrected chi connectivity index (χ2v) is 7.90. The number of pyridine rings is 2. The average molecular weight is 428 g/mol. The summed E-state index contributed by atoms with van der Waals surface area (Å²) in [4.78, 5) is 24.3. The van der Waals surface area contributed by atoms with E-state index < -0.39 is 0 Å². The van der Waals surface area contributed by atoms with Crippen molar-refractivity contribution < 1.29 is 9.53 Å². The van der Waals surface area contributed by atoms with Crippen LogP contribution < -0.4 is 4.74 Å². The van der Waals surface area contributed by atoms with Crippen LogP contribution in [0.5, 0.6) is 11.6 Å². The molecule has 4 aromatic rings. The molecular weight excluding hydrogens is 404 g/mol. The minimum absolute atomic E-state index is 0.526. The van der Waals surface area contributed by atoms with Gasteiger partial charge in [0.25, 0.3) is 0 Å². The number of aromatic amines is 1. The normalized spacial score (nSPS) is 15.1. The summed E-state index contributed by atoms with van der Waals surface area (Å²) in [6, 6.07) is 13.8. The van der Waals surface area contributed by atoms with E-state index in [-0.39, 0.29) is 0 Å². The number of H-pyrrole nitrogens is 1. The van der Waals surface area contributed by atoms with Crippen molar-refractivity contribution in [2.24, 2.45) is 0 Å². The Morgan fingerprint density at radius 3 is 2.59 bits per heavy atom. The Hall–Kier alpha value is -3.62. The number of piperazine rings is 1. The monoisotopic (exact) mass is 428 g/mol. The summed E-state index contributed by atoms with van der Waals surface area (Å²) in [5.74, 6) is 1.23. The number of carbonyl (C=O) groups is 1. The topological polar surface area (TPSA) is 87.2 Å². The highest BCUT2D eigenvalue weighted by atomic mass is 16.5. The van der Waals surface area contributed by atoms with Gasteiger partial charge in [-0.3, -0.25) is 19.9 Å². The van der Waals surface area contributed by atoms with E-state index in [1.54, 1.807) is 12.4 Å². The first-order valence-corrected chi connectivity index (χ1v) is 10.7. The highest BCUT2D eigenvalue weighted by Crippen LogP contribution is 2.26. The third-order valence-corrected chi connectivity index (χ3v) is 5.69. The Morgan fingerprint density at radius 2 is 1.84 bits per heavy atom. The molecule has 5 rings (SSSR count). The van der Waals surface area contributed by atoms with Gasteiger partial charge < -0.3 is 9.53 Å². The molecule has 0 atom stereocenters. The minimum Gasteiger partial charge on any atom is -0.439 e. The fourth-order valence-corrected chi connectivity index (χ4v) is 3.93. The standard InChI is InChI=1S/C24H24N6O2/c31-12-11-29-7-9-30(10-8-29)17-18-13-19-1-3-21(14-23(19)25-15-18)32-24-4-2-20(16-26-24)22-5-6-27-28-22/h1-6,12-16H,7-11,17H2,(H,27,28). The zero-order chi connectivity index (χ0) is 21.8. The van der Waals surface area contributed by atoms with Gasteiger partial charge in [0.2, 0.25) is 5.88 Å². The van der Waals surface area contributed by atoms with Gasteiger partial charge in [0.1, 0.15) is 12.0 Å². The maximum atomic E-state index is 10.7. The highest BCUT2D eigenvalue weighted by molar-refractivity contribution is 5.80. The third kappa shape index (κ3) is 4.66. The van der Waals surface area contributed by atoms with Crippen LogP contribution in [0.4, 0.5) is 0 Å². The molecule has 0 bridgehead atoms. The summed E-state index contributed by atoms with van der Waals surface area (Å²) in [7, 11) is 0. The molecule has 4 heterocycles. The quantitative estimate of drug-likeness (QED) is 0.453. The molecular formula is C24H24N6O2. The maximum absolute atomic E-state index is 10.7. The van der Waals surface area contributed by atoms with E-state index in [1.807, 2.05) is 42.6 Å². The van der Waals surface area contributed by atoms with Gasteiger partial charge in [-0.25, -0.2) is 4.98 Å². The first-order valence-electron chi connectivity index (χ1n) is 10.7. The van der Waals surface area contributed by atoms with E-state index in [2.05, 4.69) is 36.0 Å². The number of rotatable bonds is 7. The van der Waals surface area contributed by atoms with E-state index in [0.717, 1.165) is 61.2 Å². The number of nitrogens with zero attached hydrogens (tertiary/aromatic N) is 5. The number of nitrogens with one attached hydrogen (secondary N) is 1. The molecule has 1 aliphatic heterocycles. The summed E-state index contributed by atoms with van der Waals surface area (Å²) in [6.45, 7) is 5.17. The van der Waals surface area contributed by atoms with Crippen LogP contribution in [0.15, 0.2) is 61.1 Å². The van der Waals surface area contributed by atoms with E-state index in [0.29, 0.717) is 18.2 Å². The molecule has 0 spiro atoms. The van der Waals surface area contributed by atoms with Crippen molar-refractivity contribution in [1.82, 2.24) is 30.0 Å². The Labute approximate surface area is 185 Å². The van der Waals surface area contributed by atoms with Crippen LogP contribution in [-0.2, 0) is 11.3 Å². The number of fused-ring (bicyclic) bond motifs is 1. The number of carbonyl (C=O) groups excluding carboxylic acids is 1. The van der Waals surface area contributed by atoms with Crippen molar-refractivity contribution in [3.63, 3.8) is 0 Å². The van der Waals surface area contributed by atoms with Gasteiger partial charge in [-0.1, -0.05) is 0 Å². The number of ether oxygens (including phenoxy) is 1. The Bertz CT molecular complexity index is 1190. The van der Waals surface area contributed by atoms with Crippen molar-refractivity contribution in [2.45, 2.75) is 6.54 Å². The van der Waals surface area contributed by atoms with E-state index >= 15 is 0 Å². The molecule has 3 aromatic heterocycles. The number of hydrogen-bond donors (Lipinski definition) is 1. The fraction of sp³-hybridized carbons (Fsp3) is 0.250. The molecule has 32 heavy (non-hydrogen) atoms. The molecule has 0 amide bonds. The first-order chi connectivity index (χ1) is 15.8. The lowest BCUT2D eigenvalue weighted by molar-refractivity contribution is -0.109. The lowest BCUT2D eigenvalue weighted by Crippen LogP contribution is -2.46. The summed E-state index contributed by atoms with van der Waals surface area (Å²) < 4.78 is 5.93. The molecule has 1 N–H and O–H groups in total. The van der Waals surface area contributed by atoms with Gasteiger partial charge in [-0.05, 0) is 35.9 Å². The molecule has 1 aromatic carbocycles. The van der Waals surface area contributed by atoms with Gasteiger partial charge in [-0.2, -0.15) is 5.10 Å².